The minimum absolute atomic E-state index is 0. The topological polar surface area (TPSA) is 66.4 Å². The van der Waals surface area contributed by atoms with Crippen LogP contribution in [0.25, 0.3) is 0 Å². The Bertz CT molecular complexity index is 653. The molecule has 0 aliphatic heterocycles. The van der Waals surface area contributed by atoms with Crippen LogP contribution in [0.15, 0.2) is 12.2 Å². The predicted molar refractivity (Wildman–Crippen MR) is 183 cm³/mol. The number of hydrogen-bond donors (Lipinski definition) is 0. The summed E-state index contributed by atoms with van der Waals surface area (Å²) in [6.45, 7) is 4.54. The van der Waals surface area contributed by atoms with Gasteiger partial charge in [0.2, 0.25) is 10.4 Å². The Morgan fingerprint density at radius 3 is 1.14 bits per heavy atom. The summed E-state index contributed by atoms with van der Waals surface area (Å²) < 4.78 is 37.5. The molecule has 0 radical (unpaired) electrons. The molecule has 0 aromatic rings. The van der Waals surface area contributed by atoms with Gasteiger partial charge in [-0.1, -0.05) is 206 Å². The molecule has 0 heterocycles. The molecule has 0 aliphatic rings. The van der Waals surface area contributed by atoms with Crippen LogP contribution in [-0.2, 0) is 14.6 Å². The van der Waals surface area contributed by atoms with Gasteiger partial charge in [0, 0.05) is 5.92 Å². The van der Waals surface area contributed by atoms with E-state index in [0.29, 0.717) is 0 Å². The standard InChI is InChI=1S/C37H74O4S.Na/c1-3-5-7-9-11-13-15-17-19-21-23-25-27-29-31-33-35-37(36-41-42(38,39)40)34-32-30-28-26-24-22-20-18-16-14-12-10-8-6-4-2;/h32,34,37H,3-31,33,35-36H2,1-2H3,(H,38,39,40);/q;+1/p-1/b34-32+;. The van der Waals surface area contributed by atoms with Crippen LogP contribution < -0.4 is 29.6 Å². The summed E-state index contributed by atoms with van der Waals surface area (Å²) in [6.07, 6.45) is 45.3. The third-order valence-corrected chi connectivity index (χ3v) is 9.16. The van der Waals surface area contributed by atoms with Crippen LogP contribution in [-0.4, -0.2) is 19.6 Å². The first-order chi connectivity index (χ1) is 20.5. The summed E-state index contributed by atoms with van der Waals surface area (Å²) >= 11 is 0. The number of allylic oxidation sites excluding steroid dienone is 1. The van der Waals surface area contributed by atoms with Gasteiger partial charge in [-0.2, -0.15) is 0 Å². The van der Waals surface area contributed by atoms with Gasteiger partial charge in [-0.3, -0.25) is 4.18 Å². The molecule has 0 saturated heterocycles. The monoisotopic (exact) mass is 637 g/mol. The second-order valence-corrected chi connectivity index (χ2v) is 14.1. The molecule has 0 saturated carbocycles. The van der Waals surface area contributed by atoms with Crippen molar-refractivity contribution in [1.82, 2.24) is 0 Å². The molecule has 252 valence electrons. The van der Waals surface area contributed by atoms with E-state index in [-0.39, 0.29) is 42.1 Å². The molecule has 4 nitrogen and oxygen atoms in total. The molecule has 43 heavy (non-hydrogen) atoms. The first kappa shape index (κ1) is 45.7. The van der Waals surface area contributed by atoms with Crippen molar-refractivity contribution in [1.29, 1.82) is 0 Å². The molecule has 0 spiro atoms. The summed E-state index contributed by atoms with van der Waals surface area (Å²) in [5.74, 6) is 0.0161. The minimum Gasteiger partial charge on any atom is -0.726 e. The number of unbranched alkanes of at least 4 members (excludes halogenated alkanes) is 28. The molecule has 1 unspecified atom stereocenters. The Hall–Kier alpha value is 0.610. The van der Waals surface area contributed by atoms with Crippen molar-refractivity contribution < 1.29 is 46.7 Å². The van der Waals surface area contributed by atoms with Gasteiger partial charge >= 0.3 is 29.6 Å². The summed E-state index contributed by atoms with van der Waals surface area (Å²) in [6, 6.07) is 0. The maximum Gasteiger partial charge on any atom is 1.00 e. The third kappa shape index (κ3) is 40.6. The molecule has 0 aliphatic carbocycles. The van der Waals surface area contributed by atoms with Crippen LogP contribution in [0.5, 0.6) is 0 Å². The van der Waals surface area contributed by atoms with Crippen molar-refractivity contribution in [3.63, 3.8) is 0 Å². The Morgan fingerprint density at radius 2 is 0.814 bits per heavy atom. The van der Waals surface area contributed by atoms with Gasteiger partial charge in [0.1, 0.15) is 0 Å². The van der Waals surface area contributed by atoms with Crippen molar-refractivity contribution in [2.45, 2.75) is 213 Å². The van der Waals surface area contributed by atoms with E-state index in [1.165, 1.54) is 180 Å². The molecule has 1 atom stereocenters. The second kappa shape index (κ2) is 37.1. The van der Waals surface area contributed by atoms with Crippen molar-refractivity contribution in [3.05, 3.63) is 12.2 Å². The fourth-order valence-corrected chi connectivity index (χ4v) is 6.27. The van der Waals surface area contributed by atoms with Crippen molar-refractivity contribution >= 4 is 10.4 Å². The maximum absolute atomic E-state index is 11.0. The van der Waals surface area contributed by atoms with E-state index in [2.05, 4.69) is 30.2 Å². The molecular formula is C37H73NaO4S. The summed E-state index contributed by atoms with van der Waals surface area (Å²) in [7, 11) is -4.62. The van der Waals surface area contributed by atoms with Crippen LogP contribution in [0.3, 0.4) is 0 Å². The van der Waals surface area contributed by atoms with E-state index in [1.807, 2.05) is 0 Å². The average molecular weight is 637 g/mol. The Labute approximate surface area is 293 Å². The van der Waals surface area contributed by atoms with Crippen LogP contribution in [0.4, 0.5) is 0 Å². The van der Waals surface area contributed by atoms with Crippen LogP contribution in [0.1, 0.15) is 213 Å². The van der Waals surface area contributed by atoms with Gasteiger partial charge in [0.15, 0.2) is 0 Å². The van der Waals surface area contributed by atoms with E-state index in [0.717, 1.165) is 19.3 Å². The molecule has 0 aromatic carbocycles. The van der Waals surface area contributed by atoms with Gasteiger partial charge < -0.3 is 4.55 Å². The first-order valence-corrected chi connectivity index (χ1v) is 20.1. The van der Waals surface area contributed by atoms with Gasteiger partial charge in [0.25, 0.3) is 0 Å². The van der Waals surface area contributed by atoms with Gasteiger partial charge in [-0.25, -0.2) is 8.42 Å². The Kier molecular flexibility index (Phi) is 39.4. The van der Waals surface area contributed by atoms with Crippen LogP contribution >= 0.6 is 0 Å². The minimum atomic E-state index is -4.62. The molecule has 0 rings (SSSR count). The van der Waals surface area contributed by atoms with E-state index < -0.39 is 10.4 Å². The van der Waals surface area contributed by atoms with Gasteiger partial charge in [-0.15, -0.1) is 0 Å². The summed E-state index contributed by atoms with van der Waals surface area (Å²) in [4.78, 5) is 0. The van der Waals surface area contributed by atoms with Crippen LogP contribution in [0, 0.1) is 5.92 Å². The number of rotatable bonds is 35. The smallest absolute Gasteiger partial charge is 0.726 e. The summed E-state index contributed by atoms with van der Waals surface area (Å²) in [5.41, 5.74) is 0. The van der Waals surface area contributed by atoms with Gasteiger partial charge in [0.05, 0.1) is 6.61 Å². The predicted octanol–water partition coefficient (Wildman–Crippen LogP) is 9.77. The van der Waals surface area contributed by atoms with Crippen molar-refractivity contribution in [2.75, 3.05) is 6.61 Å². The quantitative estimate of drug-likeness (QED) is 0.0228. The maximum atomic E-state index is 11.0. The van der Waals surface area contributed by atoms with E-state index in [1.54, 1.807) is 0 Å². The zero-order valence-corrected chi connectivity index (χ0v) is 32.2. The Morgan fingerprint density at radius 1 is 0.512 bits per heavy atom. The molecule has 6 heteroatoms. The molecule has 0 bridgehead atoms. The van der Waals surface area contributed by atoms with Gasteiger partial charge in [-0.05, 0) is 19.3 Å². The second-order valence-electron chi connectivity index (χ2n) is 13.0. The van der Waals surface area contributed by atoms with Crippen LogP contribution in [0.2, 0.25) is 0 Å². The number of hydrogen-bond acceptors (Lipinski definition) is 4. The van der Waals surface area contributed by atoms with E-state index >= 15 is 0 Å². The molecule has 0 amide bonds. The first-order valence-electron chi connectivity index (χ1n) is 18.8. The average Bonchev–Trinajstić information content (AvgIpc) is 2.96. The third-order valence-electron chi connectivity index (χ3n) is 8.74. The zero-order chi connectivity index (χ0) is 30.8. The largest absolute Gasteiger partial charge is 1.00 e. The molecule has 0 aromatic heterocycles. The molecule has 0 fully saturated rings. The molecule has 0 N–H and O–H groups in total. The molecular weight excluding hydrogens is 563 g/mol. The summed E-state index contributed by atoms with van der Waals surface area (Å²) in [5, 5.41) is 0. The SMILES string of the molecule is CCCCCCCCCCCCCCC/C=C/C(CCCCCCCCCCCCCCCCCC)COS(=O)(=O)[O-].[Na+]. The van der Waals surface area contributed by atoms with Crippen molar-refractivity contribution in [2.24, 2.45) is 5.92 Å². The van der Waals surface area contributed by atoms with E-state index in [4.69, 9.17) is 0 Å². The zero-order valence-electron chi connectivity index (χ0n) is 29.4. The fourth-order valence-electron chi connectivity index (χ4n) is 5.93. The Balaban J connectivity index is 0. The van der Waals surface area contributed by atoms with Crippen molar-refractivity contribution in [3.8, 4) is 0 Å². The van der Waals surface area contributed by atoms with E-state index in [9.17, 15) is 13.0 Å². The fraction of sp³-hybridized carbons (Fsp3) is 0.946. The normalized spacial score (nSPS) is 12.6.